The summed E-state index contributed by atoms with van der Waals surface area (Å²) < 4.78 is 0. The first-order valence-electron chi connectivity index (χ1n) is 7.73. The van der Waals surface area contributed by atoms with Gasteiger partial charge >= 0.3 is 0 Å². The highest BCUT2D eigenvalue weighted by atomic mass is 32.1. The number of likely N-dealkylation sites (tertiary alicyclic amines) is 1. The van der Waals surface area contributed by atoms with Crippen LogP contribution in [0.15, 0.2) is 72.2 Å². The highest BCUT2D eigenvalue weighted by molar-refractivity contribution is 7.09. The van der Waals surface area contributed by atoms with Crippen LogP contribution in [0.1, 0.15) is 22.2 Å². The molecule has 3 aromatic rings. The normalized spacial score (nSPS) is 17.1. The van der Waals surface area contributed by atoms with E-state index >= 15 is 0 Å². The molecule has 0 atom stereocenters. The Labute approximate surface area is 139 Å². The van der Waals surface area contributed by atoms with Crippen LogP contribution in [0.2, 0.25) is 0 Å². The van der Waals surface area contributed by atoms with Gasteiger partial charge in [-0.25, -0.2) is 4.98 Å². The summed E-state index contributed by atoms with van der Waals surface area (Å²) in [5.74, 6) is 0. The number of hydrogen-bond acceptors (Lipinski definition) is 4. The highest BCUT2D eigenvalue weighted by Crippen LogP contribution is 2.40. The van der Waals surface area contributed by atoms with E-state index in [9.17, 15) is 5.11 Å². The quantitative estimate of drug-likeness (QED) is 0.799. The molecule has 0 spiro atoms. The van der Waals surface area contributed by atoms with Crippen molar-refractivity contribution in [1.29, 1.82) is 0 Å². The molecule has 2 aromatic carbocycles. The van der Waals surface area contributed by atoms with Gasteiger partial charge in [0.15, 0.2) is 0 Å². The number of thiazole rings is 1. The number of β-amino-alcohol motifs (C(OH)–C–C–N with tert-alkyl or cyclic N) is 1. The lowest BCUT2D eigenvalue weighted by molar-refractivity contribution is -0.116. The van der Waals surface area contributed by atoms with Gasteiger partial charge < -0.3 is 5.11 Å². The molecule has 1 aliphatic heterocycles. The molecule has 0 bridgehead atoms. The molecular weight excluding hydrogens is 304 g/mol. The molecule has 1 saturated heterocycles. The Morgan fingerprint density at radius 3 is 2.00 bits per heavy atom. The molecular formula is C19H18N2OS. The smallest absolute Gasteiger partial charge is 0.141 e. The van der Waals surface area contributed by atoms with Crippen molar-refractivity contribution in [2.24, 2.45) is 0 Å². The first-order valence-corrected chi connectivity index (χ1v) is 8.60. The molecule has 1 aromatic heterocycles. The monoisotopic (exact) mass is 322 g/mol. The maximum Gasteiger partial charge on any atom is 0.141 e. The van der Waals surface area contributed by atoms with Crippen LogP contribution in [0.5, 0.6) is 0 Å². The molecule has 4 rings (SSSR count). The highest BCUT2D eigenvalue weighted by Gasteiger charge is 2.47. The molecule has 23 heavy (non-hydrogen) atoms. The van der Waals surface area contributed by atoms with Gasteiger partial charge in [-0.1, -0.05) is 60.7 Å². The van der Waals surface area contributed by atoms with Gasteiger partial charge in [-0.3, -0.25) is 4.90 Å². The summed E-state index contributed by atoms with van der Waals surface area (Å²) in [5.41, 5.74) is 1.69. The van der Waals surface area contributed by atoms with E-state index in [4.69, 9.17) is 0 Å². The predicted molar refractivity (Wildman–Crippen MR) is 92.3 cm³/mol. The molecule has 116 valence electrons. The van der Waals surface area contributed by atoms with Gasteiger partial charge in [0.05, 0.1) is 6.04 Å². The first kappa shape index (κ1) is 14.6. The van der Waals surface area contributed by atoms with Gasteiger partial charge in [0.2, 0.25) is 0 Å². The summed E-state index contributed by atoms with van der Waals surface area (Å²) in [4.78, 5) is 6.60. The van der Waals surface area contributed by atoms with Crippen LogP contribution in [0.25, 0.3) is 0 Å². The SMILES string of the molecule is OC1(c2nccs2)CN(C(c2ccccc2)c2ccccc2)C1. The summed E-state index contributed by atoms with van der Waals surface area (Å²) >= 11 is 1.52. The van der Waals surface area contributed by atoms with E-state index in [0.717, 1.165) is 5.01 Å². The summed E-state index contributed by atoms with van der Waals surface area (Å²) in [7, 11) is 0. The van der Waals surface area contributed by atoms with Crippen LogP contribution < -0.4 is 0 Å². The predicted octanol–water partition coefficient (Wildman–Crippen LogP) is 3.44. The van der Waals surface area contributed by atoms with E-state index in [1.807, 2.05) is 17.5 Å². The van der Waals surface area contributed by atoms with E-state index in [1.165, 1.54) is 22.5 Å². The number of hydrogen-bond donors (Lipinski definition) is 1. The zero-order chi connectivity index (χ0) is 15.7. The minimum absolute atomic E-state index is 0.164. The second kappa shape index (κ2) is 5.89. The molecule has 0 unspecified atom stereocenters. The lowest BCUT2D eigenvalue weighted by atomic mass is 9.87. The van der Waals surface area contributed by atoms with E-state index in [2.05, 4.69) is 58.4 Å². The Morgan fingerprint density at radius 1 is 0.957 bits per heavy atom. The fourth-order valence-electron chi connectivity index (χ4n) is 3.28. The Bertz CT molecular complexity index is 713. The average Bonchev–Trinajstić information content (AvgIpc) is 3.10. The van der Waals surface area contributed by atoms with Crippen molar-refractivity contribution in [2.45, 2.75) is 11.6 Å². The molecule has 0 radical (unpaired) electrons. The Morgan fingerprint density at radius 2 is 1.52 bits per heavy atom. The molecule has 1 N–H and O–H groups in total. The summed E-state index contributed by atoms with van der Waals surface area (Å²) in [6.45, 7) is 1.21. The second-order valence-corrected chi connectivity index (χ2v) is 6.89. The van der Waals surface area contributed by atoms with Crippen LogP contribution in [0.4, 0.5) is 0 Å². The maximum atomic E-state index is 10.8. The third-order valence-electron chi connectivity index (χ3n) is 4.36. The number of aromatic nitrogens is 1. The van der Waals surface area contributed by atoms with Gasteiger partial charge in [0, 0.05) is 24.7 Å². The Hall–Kier alpha value is -2.01. The lowest BCUT2D eigenvalue weighted by Crippen LogP contribution is -2.60. The Kier molecular flexibility index (Phi) is 3.73. The van der Waals surface area contributed by atoms with Crippen LogP contribution in [0.3, 0.4) is 0 Å². The maximum absolute atomic E-state index is 10.8. The summed E-state index contributed by atoms with van der Waals surface area (Å²) in [5, 5.41) is 13.5. The van der Waals surface area contributed by atoms with Crippen molar-refractivity contribution in [1.82, 2.24) is 9.88 Å². The third-order valence-corrected chi connectivity index (χ3v) is 5.32. The zero-order valence-corrected chi connectivity index (χ0v) is 13.5. The second-order valence-electron chi connectivity index (χ2n) is 6.00. The largest absolute Gasteiger partial charge is 0.380 e. The molecule has 0 aliphatic carbocycles. The van der Waals surface area contributed by atoms with Crippen molar-refractivity contribution < 1.29 is 5.11 Å². The van der Waals surface area contributed by atoms with E-state index < -0.39 is 5.60 Å². The molecule has 2 heterocycles. The van der Waals surface area contributed by atoms with Gasteiger partial charge in [-0.05, 0) is 11.1 Å². The van der Waals surface area contributed by atoms with Crippen LogP contribution in [-0.4, -0.2) is 28.1 Å². The van der Waals surface area contributed by atoms with Crippen molar-refractivity contribution in [2.75, 3.05) is 13.1 Å². The van der Waals surface area contributed by atoms with Gasteiger partial charge in [-0.2, -0.15) is 0 Å². The van der Waals surface area contributed by atoms with Crippen LogP contribution in [-0.2, 0) is 5.60 Å². The average molecular weight is 322 g/mol. The van der Waals surface area contributed by atoms with E-state index in [-0.39, 0.29) is 6.04 Å². The van der Waals surface area contributed by atoms with Gasteiger partial charge in [0.25, 0.3) is 0 Å². The minimum atomic E-state index is -0.810. The van der Waals surface area contributed by atoms with Gasteiger partial charge in [-0.15, -0.1) is 11.3 Å². The molecule has 0 amide bonds. The number of aliphatic hydroxyl groups is 1. The van der Waals surface area contributed by atoms with Crippen molar-refractivity contribution in [3.05, 3.63) is 88.4 Å². The van der Waals surface area contributed by atoms with Gasteiger partial charge in [0.1, 0.15) is 10.6 Å². The summed E-state index contributed by atoms with van der Waals surface area (Å²) in [6.07, 6.45) is 1.76. The lowest BCUT2D eigenvalue weighted by Gasteiger charge is -2.49. The zero-order valence-electron chi connectivity index (χ0n) is 12.7. The van der Waals surface area contributed by atoms with Crippen LogP contribution in [0, 0.1) is 0 Å². The third kappa shape index (κ3) is 2.70. The Balaban J connectivity index is 1.63. The van der Waals surface area contributed by atoms with Crippen molar-refractivity contribution in [3.8, 4) is 0 Å². The molecule has 0 saturated carbocycles. The molecule has 1 fully saturated rings. The summed E-state index contributed by atoms with van der Waals surface area (Å²) in [6, 6.07) is 21.1. The van der Waals surface area contributed by atoms with Crippen molar-refractivity contribution in [3.63, 3.8) is 0 Å². The van der Waals surface area contributed by atoms with E-state index in [0.29, 0.717) is 13.1 Å². The molecule has 1 aliphatic rings. The number of benzene rings is 2. The van der Waals surface area contributed by atoms with E-state index in [1.54, 1.807) is 6.20 Å². The number of rotatable bonds is 4. The standard InChI is InChI=1S/C19H18N2OS/c22-19(18-20-11-12-23-18)13-21(14-19)17(15-7-3-1-4-8-15)16-9-5-2-6-10-16/h1-12,17,22H,13-14H2. The number of nitrogens with zero attached hydrogens (tertiary/aromatic N) is 2. The van der Waals surface area contributed by atoms with Crippen LogP contribution >= 0.6 is 11.3 Å². The topological polar surface area (TPSA) is 36.4 Å². The van der Waals surface area contributed by atoms with Crippen molar-refractivity contribution >= 4 is 11.3 Å². The minimum Gasteiger partial charge on any atom is -0.380 e. The molecule has 3 nitrogen and oxygen atoms in total. The molecule has 4 heteroatoms. The fraction of sp³-hybridized carbons (Fsp3) is 0.211. The fourth-order valence-corrected chi connectivity index (χ4v) is 4.00. The first-order chi connectivity index (χ1) is 11.3.